The minimum atomic E-state index is -0.134. The standard InChI is InChI=1S/C17H31N3O/c1-4-7-13-8-10-14(11-9-13)15-19-16(21-20-15)17(5-2,6-3)12-18/h13-14H,4-12,18H2,1-3H3. The van der Waals surface area contributed by atoms with Crippen molar-refractivity contribution in [3.8, 4) is 0 Å². The van der Waals surface area contributed by atoms with Crippen LogP contribution in [0.2, 0.25) is 0 Å². The quantitative estimate of drug-likeness (QED) is 0.819. The molecule has 1 aliphatic carbocycles. The van der Waals surface area contributed by atoms with E-state index in [0.29, 0.717) is 12.5 Å². The first-order valence-electron chi connectivity index (χ1n) is 8.73. The molecule has 0 aromatic carbocycles. The summed E-state index contributed by atoms with van der Waals surface area (Å²) in [5.41, 5.74) is 5.84. The SMILES string of the molecule is CCCC1CCC(c2noc(C(CC)(CC)CN)n2)CC1. The molecule has 120 valence electrons. The summed E-state index contributed by atoms with van der Waals surface area (Å²) in [6.45, 7) is 7.15. The van der Waals surface area contributed by atoms with E-state index < -0.39 is 0 Å². The van der Waals surface area contributed by atoms with Gasteiger partial charge in [0.25, 0.3) is 0 Å². The fourth-order valence-corrected chi connectivity index (χ4v) is 3.66. The Bertz CT molecular complexity index is 409. The minimum absolute atomic E-state index is 0.134. The van der Waals surface area contributed by atoms with Crippen LogP contribution in [0.1, 0.15) is 89.8 Å². The first-order valence-corrected chi connectivity index (χ1v) is 8.73. The number of rotatable bonds is 7. The van der Waals surface area contributed by atoms with Crippen LogP contribution in [-0.4, -0.2) is 16.7 Å². The lowest BCUT2D eigenvalue weighted by atomic mass is 9.79. The van der Waals surface area contributed by atoms with E-state index in [1.54, 1.807) is 0 Å². The molecule has 1 heterocycles. The molecular formula is C17H31N3O. The van der Waals surface area contributed by atoms with Crippen LogP contribution < -0.4 is 5.73 Å². The van der Waals surface area contributed by atoms with Crippen LogP contribution in [-0.2, 0) is 5.41 Å². The van der Waals surface area contributed by atoms with Gasteiger partial charge in [0.05, 0.1) is 5.41 Å². The Morgan fingerprint density at radius 1 is 1.14 bits per heavy atom. The number of nitrogens with two attached hydrogens (primary N) is 1. The lowest BCUT2D eigenvalue weighted by Gasteiger charge is -2.26. The van der Waals surface area contributed by atoms with Crippen LogP contribution in [0.25, 0.3) is 0 Å². The molecule has 0 radical (unpaired) electrons. The Hall–Kier alpha value is -0.900. The summed E-state index contributed by atoms with van der Waals surface area (Å²) in [6.07, 6.45) is 9.60. The van der Waals surface area contributed by atoms with Crippen molar-refractivity contribution in [3.05, 3.63) is 11.7 Å². The van der Waals surface area contributed by atoms with Gasteiger partial charge in [0.2, 0.25) is 5.89 Å². The molecule has 4 heteroatoms. The molecule has 0 saturated heterocycles. The van der Waals surface area contributed by atoms with Crippen LogP contribution in [0.4, 0.5) is 0 Å². The molecule has 21 heavy (non-hydrogen) atoms. The van der Waals surface area contributed by atoms with Gasteiger partial charge in [-0.2, -0.15) is 4.98 Å². The molecule has 1 saturated carbocycles. The Morgan fingerprint density at radius 3 is 2.33 bits per heavy atom. The molecule has 1 aromatic rings. The van der Waals surface area contributed by atoms with Crippen molar-refractivity contribution < 1.29 is 4.52 Å². The third-order valence-corrected chi connectivity index (χ3v) is 5.55. The van der Waals surface area contributed by atoms with E-state index in [-0.39, 0.29) is 5.41 Å². The maximum Gasteiger partial charge on any atom is 0.234 e. The Labute approximate surface area is 128 Å². The predicted octanol–water partition coefficient (Wildman–Crippen LogP) is 4.16. The third kappa shape index (κ3) is 3.47. The van der Waals surface area contributed by atoms with Gasteiger partial charge in [-0.25, -0.2) is 0 Å². The van der Waals surface area contributed by atoms with Crippen molar-refractivity contribution >= 4 is 0 Å². The summed E-state index contributed by atoms with van der Waals surface area (Å²) in [5, 5.41) is 4.28. The molecule has 2 N–H and O–H groups in total. The van der Waals surface area contributed by atoms with E-state index in [1.807, 2.05) is 0 Å². The Balaban J connectivity index is 2.04. The summed E-state index contributed by atoms with van der Waals surface area (Å²) in [4.78, 5) is 4.73. The molecule has 0 spiro atoms. The maximum absolute atomic E-state index is 5.97. The summed E-state index contributed by atoms with van der Waals surface area (Å²) in [7, 11) is 0. The molecule has 1 aromatic heterocycles. The molecule has 0 atom stereocenters. The second-order valence-electron chi connectivity index (χ2n) is 6.66. The lowest BCUT2D eigenvalue weighted by Crippen LogP contribution is -2.34. The van der Waals surface area contributed by atoms with Crippen molar-refractivity contribution in [3.63, 3.8) is 0 Å². The monoisotopic (exact) mass is 293 g/mol. The fourth-order valence-electron chi connectivity index (χ4n) is 3.66. The van der Waals surface area contributed by atoms with Crippen molar-refractivity contribution in [2.45, 2.75) is 83.5 Å². The highest BCUT2D eigenvalue weighted by Crippen LogP contribution is 2.37. The van der Waals surface area contributed by atoms with Crippen molar-refractivity contribution in [1.82, 2.24) is 10.1 Å². The highest BCUT2D eigenvalue weighted by Gasteiger charge is 2.34. The molecule has 0 bridgehead atoms. The normalized spacial score (nSPS) is 23.4. The largest absolute Gasteiger partial charge is 0.339 e. The lowest BCUT2D eigenvalue weighted by molar-refractivity contribution is 0.262. The van der Waals surface area contributed by atoms with E-state index in [9.17, 15) is 0 Å². The van der Waals surface area contributed by atoms with Gasteiger partial charge in [-0.1, -0.05) is 38.8 Å². The Morgan fingerprint density at radius 2 is 1.81 bits per heavy atom. The number of nitrogens with zero attached hydrogens (tertiary/aromatic N) is 2. The molecule has 0 unspecified atom stereocenters. The zero-order valence-corrected chi connectivity index (χ0v) is 13.9. The summed E-state index contributed by atoms with van der Waals surface area (Å²) < 4.78 is 5.59. The summed E-state index contributed by atoms with van der Waals surface area (Å²) in [5.74, 6) is 3.06. The molecule has 1 fully saturated rings. The number of aromatic nitrogens is 2. The first kappa shape index (κ1) is 16.5. The topological polar surface area (TPSA) is 64.9 Å². The zero-order chi connectivity index (χ0) is 15.3. The highest BCUT2D eigenvalue weighted by molar-refractivity contribution is 5.08. The molecule has 0 aliphatic heterocycles. The number of hydrogen-bond donors (Lipinski definition) is 1. The number of hydrogen-bond acceptors (Lipinski definition) is 4. The smallest absolute Gasteiger partial charge is 0.234 e. The fraction of sp³-hybridized carbons (Fsp3) is 0.882. The highest BCUT2D eigenvalue weighted by atomic mass is 16.5. The van der Waals surface area contributed by atoms with Gasteiger partial charge in [0.1, 0.15) is 0 Å². The van der Waals surface area contributed by atoms with Gasteiger partial charge in [0, 0.05) is 12.5 Å². The van der Waals surface area contributed by atoms with E-state index in [0.717, 1.165) is 30.5 Å². The van der Waals surface area contributed by atoms with Crippen LogP contribution in [0.3, 0.4) is 0 Å². The van der Waals surface area contributed by atoms with E-state index in [2.05, 4.69) is 25.9 Å². The van der Waals surface area contributed by atoms with Crippen molar-refractivity contribution in [1.29, 1.82) is 0 Å². The van der Waals surface area contributed by atoms with Crippen molar-refractivity contribution in [2.75, 3.05) is 6.54 Å². The molecule has 0 amide bonds. The van der Waals surface area contributed by atoms with Gasteiger partial charge >= 0.3 is 0 Å². The van der Waals surface area contributed by atoms with Gasteiger partial charge < -0.3 is 10.3 Å². The zero-order valence-electron chi connectivity index (χ0n) is 13.9. The molecule has 4 nitrogen and oxygen atoms in total. The van der Waals surface area contributed by atoms with Crippen molar-refractivity contribution in [2.24, 2.45) is 11.7 Å². The molecule has 1 aliphatic rings. The van der Waals surface area contributed by atoms with Gasteiger partial charge in [-0.05, 0) is 44.4 Å². The summed E-state index contributed by atoms with van der Waals surface area (Å²) in [6, 6.07) is 0. The van der Waals surface area contributed by atoms with E-state index >= 15 is 0 Å². The van der Waals surface area contributed by atoms with E-state index in [4.69, 9.17) is 15.2 Å². The molecule has 2 rings (SSSR count). The molecular weight excluding hydrogens is 262 g/mol. The van der Waals surface area contributed by atoms with Gasteiger partial charge in [0.15, 0.2) is 5.82 Å². The van der Waals surface area contributed by atoms with Crippen LogP contribution in [0.5, 0.6) is 0 Å². The van der Waals surface area contributed by atoms with Crippen LogP contribution in [0, 0.1) is 5.92 Å². The van der Waals surface area contributed by atoms with Crippen LogP contribution in [0.15, 0.2) is 4.52 Å². The minimum Gasteiger partial charge on any atom is -0.339 e. The van der Waals surface area contributed by atoms with Crippen LogP contribution >= 0.6 is 0 Å². The van der Waals surface area contributed by atoms with E-state index in [1.165, 1.54) is 38.5 Å². The first-order chi connectivity index (χ1) is 10.2. The second-order valence-corrected chi connectivity index (χ2v) is 6.66. The van der Waals surface area contributed by atoms with Gasteiger partial charge in [-0.15, -0.1) is 0 Å². The maximum atomic E-state index is 5.97. The average molecular weight is 293 g/mol. The predicted molar refractivity (Wildman–Crippen MR) is 85.2 cm³/mol. The average Bonchev–Trinajstić information content (AvgIpc) is 3.01. The summed E-state index contributed by atoms with van der Waals surface area (Å²) >= 11 is 0. The second kappa shape index (κ2) is 7.39. The third-order valence-electron chi connectivity index (χ3n) is 5.55. The van der Waals surface area contributed by atoms with Gasteiger partial charge in [-0.3, -0.25) is 0 Å². The Kier molecular flexibility index (Phi) is 5.80.